The van der Waals surface area contributed by atoms with Crippen molar-refractivity contribution in [3.8, 4) is 0 Å². The van der Waals surface area contributed by atoms with E-state index in [4.69, 9.17) is 4.74 Å². The first kappa shape index (κ1) is 21.0. The molecule has 0 saturated heterocycles. The summed E-state index contributed by atoms with van der Waals surface area (Å²) in [5, 5.41) is 10.5. The molecule has 2 atom stereocenters. The maximum Gasteiger partial charge on any atom is 0.410 e. The molecule has 130 valence electrons. The number of nitrogens with zero attached hydrogens (tertiary/aromatic N) is 1. The van der Waals surface area contributed by atoms with Gasteiger partial charge in [0.25, 0.3) is 0 Å². The van der Waals surface area contributed by atoms with Crippen molar-refractivity contribution in [3.05, 3.63) is 12.2 Å². The Labute approximate surface area is 136 Å². The molecule has 0 saturated carbocycles. The Hall–Kier alpha value is -1.03. The largest absolute Gasteiger partial charge is 0.444 e. The summed E-state index contributed by atoms with van der Waals surface area (Å²) in [7, 11) is 1.70. The molecule has 0 aliphatic carbocycles. The van der Waals surface area contributed by atoms with Gasteiger partial charge in [0.1, 0.15) is 5.60 Å². The number of aliphatic hydroxyl groups is 1. The molecule has 1 N–H and O–H groups in total. The zero-order valence-electron chi connectivity index (χ0n) is 15.6. The fraction of sp³-hybridized carbons (Fsp3) is 0.833. The number of hydrogen-bond donors (Lipinski definition) is 1. The van der Waals surface area contributed by atoms with Crippen LogP contribution in [0.1, 0.15) is 61.3 Å². The lowest BCUT2D eigenvalue weighted by molar-refractivity contribution is 0.00574. The molecule has 4 nitrogen and oxygen atoms in total. The number of hydrogen-bond acceptors (Lipinski definition) is 3. The van der Waals surface area contributed by atoms with E-state index in [1.165, 1.54) is 4.90 Å². The molecule has 0 radical (unpaired) electrons. The van der Waals surface area contributed by atoms with Crippen molar-refractivity contribution in [3.63, 3.8) is 0 Å². The van der Waals surface area contributed by atoms with Crippen molar-refractivity contribution in [1.82, 2.24) is 4.90 Å². The molecule has 0 spiro atoms. The van der Waals surface area contributed by atoms with Crippen LogP contribution in [0.5, 0.6) is 0 Å². The van der Waals surface area contributed by atoms with Crippen LogP contribution in [0.3, 0.4) is 0 Å². The molecule has 0 aromatic carbocycles. The van der Waals surface area contributed by atoms with Crippen molar-refractivity contribution in [2.45, 2.75) is 79.1 Å². The van der Waals surface area contributed by atoms with Crippen LogP contribution in [-0.2, 0) is 4.74 Å². The highest BCUT2D eigenvalue weighted by Gasteiger charge is 2.29. The predicted molar refractivity (Wildman–Crippen MR) is 91.8 cm³/mol. The molecule has 1 amide bonds. The third-order valence-electron chi connectivity index (χ3n) is 3.23. The number of likely N-dealkylation sites (N-methyl/N-ethyl adjacent to an activating group) is 1. The molecule has 0 heterocycles. The number of ether oxygens (including phenoxy) is 1. The van der Waals surface area contributed by atoms with Gasteiger partial charge in [0.05, 0.1) is 12.1 Å². The highest BCUT2D eigenvalue weighted by atomic mass is 16.6. The van der Waals surface area contributed by atoms with Crippen LogP contribution in [-0.4, -0.2) is 40.9 Å². The van der Waals surface area contributed by atoms with Crippen LogP contribution in [0.2, 0.25) is 0 Å². The van der Waals surface area contributed by atoms with E-state index < -0.39 is 17.8 Å². The molecular weight excluding hydrogens is 278 g/mol. The lowest BCUT2D eigenvalue weighted by Gasteiger charge is -2.33. The Morgan fingerprint density at radius 3 is 2.14 bits per heavy atom. The minimum absolute atomic E-state index is 0.279. The topological polar surface area (TPSA) is 49.8 Å². The standard InChI is InChI=1S/C18H35NO3/c1-13(2)10-9-11-16(20)15(12-14(3)4)19(8)17(21)22-18(5,6)7/h9,11,13-16,20H,10,12H2,1-8H3/b11-9-/t15-,16-/m0/s1. The molecular formula is C18H35NO3. The number of carbonyl (C=O) groups is 1. The summed E-state index contributed by atoms with van der Waals surface area (Å²) in [6.45, 7) is 14.0. The number of aliphatic hydroxyl groups excluding tert-OH is 1. The SMILES string of the molecule is CC(C)C/C=C\[C@H](O)[C@H](CC(C)C)N(C)C(=O)OC(C)(C)C. The van der Waals surface area contributed by atoms with Gasteiger partial charge in [-0.25, -0.2) is 4.79 Å². The van der Waals surface area contributed by atoms with Gasteiger partial charge in [-0.05, 0) is 45.4 Å². The van der Waals surface area contributed by atoms with Gasteiger partial charge in [-0.1, -0.05) is 39.8 Å². The molecule has 0 unspecified atom stereocenters. The van der Waals surface area contributed by atoms with Crippen LogP contribution >= 0.6 is 0 Å². The molecule has 22 heavy (non-hydrogen) atoms. The van der Waals surface area contributed by atoms with E-state index in [-0.39, 0.29) is 6.04 Å². The second kappa shape index (κ2) is 9.19. The highest BCUT2D eigenvalue weighted by molar-refractivity contribution is 5.68. The van der Waals surface area contributed by atoms with Crippen LogP contribution in [0.15, 0.2) is 12.2 Å². The van der Waals surface area contributed by atoms with Crippen LogP contribution in [0.25, 0.3) is 0 Å². The zero-order valence-corrected chi connectivity index (χ0v) is 15.6. The van der Waals surface area contributed by atoms with Gasteiger partial charge in [-0.2, -0.15) is 0 Å². The van der Waals surface area contributed by atoms with Gasteiger partial charge in [0, 0.05) is 7.05 Å². The van der Waals surface area contributed by atoms with E-state index in [9.17, 15) is 9.90 Å². The van der Waals surface area contributed by atoms with Crippen molar-refractivity contribution in [1.29, 1.82) is 0 Å². The Kier molecular flexibility index (Phi) is 8.76. The first-order valence-corrected chi connectivity index (χ1v) is 8.24. The smallest absolute Gasteiger partial charge is 0.410 e. The first-order valence-electron chi connectivity index (χ1n) is 8.24. The van der Waals surface area contributed by atoms with E-state index >= 15 is 0 Å². The van der Waals surface area contributed by atoms with Crippen molar-refractivity contribution in [2.24, 2.45) is 11.8 Å². The summed E-state index contributed by atoms with van der Waals surface area (Å²) in [5.41, 5.74) is -0.536. The fourth-order valence-electron chi connectivity index (χ4n) is 2.10. The second-order valence-corrected chi connectivity index (χ2v) is 7.84. The summed E-state index contributed by atoms with van der Waals surface area (Å²) in [6, 6.07) is -0.279. The fourth-order valence-corrected chi connectivity index (χ4v) is 2.10. The lowest BCUT2D eigenvalue weighted by atomic mass is 9.97. The molecule has 0 rings (SSSR count). The molecule has 0 aromatic heterocycles. The number of carbonyl (C=O) groups excluding carboxylic acids is 1. The third kappa shape index (κ3) is 9.08. The summed E-state index contributed by atoms with van der Waals surface area (Å²) in [4.78, 5) is 13.8. The van der Waals surface area contributed by atoms with Crippen LogP contribution < -0.4 is 0 Å². The Morgan fingerprint density at radius 1 is 1.18 bits per heavy atom. The van der Waals surface area contributed by atoms with Crippen LogP contribution in [0, 0.1) is 11.8 Å². The molecule has 0 bridgehead atoms. The molecule has 0 aliphatic rings. The Bertz CT molecular complexity index is 356. The van der Waals surface area contributed by atoms with Crippen LogP contribution in [0.4, 0.5) is 4.79 Å². The maximum atomic E-state index is 12.2. The molecule has 4 heteroatoms. The average molecular weight is 313 g/mol. The van der Waals surface area contributed by atoms with Gasteiger partial charge < -0.3 is 14.7 Å². The number of rotatable bonds is 7. The monoisotopic (exact) mass is 313 g/mol. The average Bonchev–Trinajstić information content (AvgIpc) is 2.32. The maximum absolute atomic E-state index is 12.2. The number of amides is 1. The van der Waals surface area contributed by atoms with Crippen molar-refractivity contribution >= 4 is 6.09 Å². The quantitative estimate of drug-likeness (QED) is 0.716. The van der Waals surface area contributed by atoms with E-state index in [0.29, 0.717) is 11.8 Å². The molecule has 0 aliphatic heterocycles. The molecule has 0 fully saturated rings. The van der Waals surface area contributed by atoms with E-state index in [2.05, 4.69) is 27.7 Å². The van der Waals surface area contributed by atoms with Gasteiger partial charge in [-0.3, -0.25) is 0 Å². The minimum Gasteiger partial charge on any atom is -0.444 e. The predicted octanol–water partition coefficient (Wildman–Crippen LogP) is 4.23. The third-order valence-corrected chi connectivity index (χ3v) is 3.23. The van der Waals surface area contributed by atoms with E-state index in [1.807, 2.05) is 26.8 Å². The van der Waals surface area contributed by atoms with E-state index in [0.717, 1.165) is 12.8 Å². The normalized spacial score (nSPS) is 15.4. The Morgan fingerprint density at radius 2 is 1.73 bits per heavy atom. The van der Waals surface area contributed by atoms with Gasteiger partial charge in [0.2, 0.25) is 0 Å². The highest BCUT2D eigenvalue weighted by Crippen LogP contribution is 2.18. The lowest BCUT2D eigenvalue weighted by Crippen LogP contribution is -2.46. The summed E-state index contributed by atoms with van der Waals surface area (Å²) in [6.07, 6.45) is 4.36. The van der Waals surface area contributed by atoms with Gasteiger partial charge in [-0.15, -0.1) is 0 Å². The first-order chi connectivity index (χ1) is 9.94. The minimum atomic E-state index is -0.682. The number of allylic oxidation sites excluding steroid dienone is 1. The second-order valence-electron chi connectivity index (χ2n) is 7.84. The van der Waals surface area contributed by atoms with Gasteiger partial charge in [0.15, 0.2) is 0 Å². The van der Waals surface area contributed by atoms with Gasteiger partial charge >= 0.3 is 6.09 Å². The Balaban J connectivity index is 4.94. The molecule has 0 aromatic rings. The summed E-state index contributed by atoms with van der Waals surface area (Å²) < 4.78 is 5.41. The summed E-state index contributed by atoms with van der Waals surface area (Å²) in [5.74, 6) is 0.929. The van der Waals surface area contributed by atoms with E-state index in [1.54, 1.807) is 13.1 Å². The zero-order chi connectivity index (χ0) is 17.5. The van der Waals surface area contributed by atoms with Crippen molar-refractivity contribution in [2.75, 3.05) is 7.05 Å². The van der Waals surface area contributed by atoms with Crippen molar-refractivity contribution < 1.29 is 14.6 Å². The summed E-state index contributed by atoms with van der Waals surface area (Å²) >= 11 is 0.